The number of hydrogen-bond donors (Lipinski definition) is 0. The van der Waals surface area contributed by atoms with Crippen LogP contribution < -0.4 is 0 Å². The van der Waals surface area contributed by atoms with Gasteiger partial charge in [-0.2, -0.15) is 5.26 Å². The number of pyridine rings is 1. The third-order valence-corrected chi connectivity index (χ3v) is 3.96. The lowest BCUT2D eigenvalue weighted by molar-refractivity contribution is 1.30. The van der Waals surface area contributed by atoms with Crippen molar-refractivity contribution >= 4 is 22.7 Å². The van der Waals surface area contributed by atoms with E-state index in [0.717, 1.165) is 20.7 Å². The van der Waals surface area contributed by atoms with Gasteiger partial charge in [-0.1, -0.05) is 48.2 Å². The first-order chi connectivity index (χ1) is 9.38. The predicted octanol–water partition coefficient (Wildman–Crippen LogP) is 4.26. The van der Waals surface area contributed by atoms with Gasteiger partial charge in [-0.3, -0.25) is 4.98 Å². The maximum Gasteiger partial charge on any atom is 0.102 e. The summed E-state index contributed by atoms with van der Waals surface area (Å²) in [6.45, 7) is 0. The van der Waals surface area contributed by atoms with Crippen molar-refractivity contribution in [2.24, 2.45) is 0 Å². The maximum atomic E-state index is 9.25. The van der Waals surface area contributed by atoms with E-state index in [2.05, 4.69) is 11.1 Å². The van der Waals surface area contributed by atoms with E-state index in [1.807, 2.05) is 54.6 Å². The second-order valence-electron chi connectivity index (χ2n) is 4.05. The summed E-state index contributed by atoms with van der Waals surface area (Å²) < 4.78 is 0. The van der Waals surface area contributed by atoms with Crippen LogP contribution in [0.1, 0.15) is 5.56 Å². The number of nitriles is 1. The van der Waals surface area contributed by atoms with E-state index in [1.54, 1.807) is 18.0 Å². The van der Waals surface area contributed by atoms with Gasteiger partial charge in [0.25, 0.3) is 0 Å². The predicted molar refractivity (Wildman–Crippen MR) is 77.0 cm³/mol. The van der Waals surface area contributed by atoms with E-state index in [9.17, 15) is 5.26 Å². The van der Waals surface area contributed by atoms with Crippen molar-refractivity contribution in [2.45, 2.75) is 9.79 Å². The van der Waals surface area contributed by atoms with Crippen LogP contribution in [-0.2, 0) is 0 Å². The molecule has 0 atom stereocenters. The molecule has 0 aliphatic rings. The van der Waals surface area contributed by atoms with Crippen LogP contribution in [0.15, 0.2) is 70.6 Å². The molecule has 0 amide bonds. The average molecular weight is 262 g/mol. The molecule has 0 unspecified atom stereocenters. The van der Waals surface area contributed by atoms with Crippen LogP contribution in [-0.4, -0.2) is 4.98 Å². The zero-order valence-corrected chi connectivity index (χ0v) is 10.9. The van der Waals surface area contributed by atoms with Crippen molar-refractivity contribution in [1.29, 1.82) is 5.26 Å². The summed E-state index contributed by atoms with van der Waals surface area (Å²) in [5.74, 6) is 0. The van der Waals surface area contributed by atoms with Gasteiger partial charge in [-0.15, -0.1) is 0 Å². The Labute approximate surface area is 115 Å². The molecule has 3 rings (SSSR count). The first-order valence-corrected chi connectivity index (χ1v) is 6.71. The van der Waals surface area contributed by atoms with Crippen molar-refractivity contribution in [2.75, 3.05) is 0 Å². The van der Waals surface area contributed by atoms with Crippen molar-refractivity contribution < 1.29 is 0 Å². The number of para-hydroxylation sites is 1. The highest BCUT2D eigenvalue weighted by molar-refractivity contribution is 7.99. The maximum absolute atomic E-state index is 9.25. The Morgan fingerprint density at radius 3 is 2.47 bits per heavy atom. The Hall–Kier alpha value is -2.31. The molecule has 1 aromatic heterocycles. The molecular formula is C16H10N2S. The third kappa shape index (κ3) is 2.31. The summed E-state index contributed by atoms with van der Waals surface area (Å²) in [6, 6.07) is 20.2. The monoisotopic (exact) mass is 262 g/mol. The molecule has 3 aromatic rings. The highest BCUT2D eigenvalue weighted by Gasteiger charge is 2.09. The van der Waals surface area contributed by atoms with E-state index < -0.39 is 0 Å². The fourth-order valence-corrected chi connectivity index (χ4v) is 2.93. The normalized spacial score (nSPS) is 10.3. The number of nitrogens with zero attached hydrogens (tertiary/aromatic N) is 2. The van der Waals surface area contributed by atoms with E-state index in [-0.39, 0.29) is 0 Å². The summed E-state index contributed by atoms with van der Waals surface area (Å²) in [5.41, 5.74) is 1.53. The standard InChI is InChI=1S/C16H10N2S/c17-10-12-11-18-15-9-5-4-8-14(15)16(12)19-13-6-2-1-3-7-13/h1-9,11H. The minimum atomic E-state index is 0.618. The lowest BCUT2D eigenvalue weighted by Crippen LogP contribution is -1.87. The van der Waals surface area contributed by atoms with Gasteiger partial charge in [0, 0.05) is 21.4 Å². The molecule has 0 spiro atoms. The molecule has 2 aromatic carbocycles. The van der Waals surface area contributed by atoms with Gasteiger partial charge in [0.1, 0.15) is 6.07 Å². The molecule has 3 heteroatoms. The third-order valence-electron chi connectivity index (χ3n) is 2.81. The molecular weight excluding hydrogens is 252 g/mol. The van der Waals surface area contributed by atoms with Crippen LogP contribution in [0.3, 0.4) is 0 Å². The van der Waals surface area contributed by atoms with Crippen LogP contribution in [0.5, 0.6) is 0 Å². The Morgan fingerprint density at radius 2 is 1.68 bits per heavy atom. The lowest BCUT2D eigenvalue weighted by Gasteiger charge is -2.07. The summed E-state index contributed by atoms with van der Waals surface area (Å²) in [4.78, 5) is 6.41. The fourth-order valence-electron chi connectivity index (χ4n) is 1.91. The first kappa shape index (κ1) is 11.8. The van der Waals surface area contributed by atoms with Crippen molar-refractivity contribution in [3.8, 4) is 6.07 Å². The molecule has 0 bridgehead atoms. The lowest BCUT2D eigenvalue weighted by atomic mass is 10.2. The van der Waals surface area contributed by atoms with Gasteiger partial charge in [0.15, 0.2) is 0 Å². The topological polar surface area (TPSA) is 36.7 Å². The van der Waals surface area contributed by atoms with Crippen molar-refractivity contribution in [1.82, 2.24) is 4.98 Å². The van der Waals surface area contributed by atoms with E-state index in [1.165, 1.54) is 0 Å². The van der Waals surface area contributed by atoms with Gasteiger partial charge in [0.2, 0.25) is 0 Å². The van der Waals surface area contributed by atoms with Crippen LogP contribution in [0, 0.1) is 11.3 Å². The number of benzene rings is 2. The molecule has 0 saturated carbocycles. The van der Waals surface area contributed by atoms with Gasteiger partial charge in [-0.25, -0.2) is 0 Å². The molecule has 2 nitrogen and oxygen atoms in total. The molecule has 19 heavy (non-hydrogen) atoms. The van der Waals surface area contributed by atoms with Gasteiger partial charge >= 0.3 is 0 Å². The highest BCUT2D eigenvalue weighted by Crippen LogP contribution is 2.35. The Bertz CT molecular complexity index is 761. The van der Waals surface area contributed by atoms with Gasteiger partial charge in [-0.05, 0) is 18.2 Å². The van der Waals surface area contributed by atoms with E-state index in [4.69, 9.17) is 0 Å². The summed E-state index contributed by atoms with van der Waals surface area (Å²) in [5, 5.41) is 10.3. The zero-order chi connectivity index (χ0) is 13.1. The van der Waals surface area contributed by atoms with Crippen molar-refractivity contribution in [3.05, 3.63) is 66.4 Å². The minimum Gasteiger partial charge on any atom is -0.255 e. The van der Waals surface area contributed by atoms with Crippen molar-refractivity contribution in [3.63, 3.8) is 0 Å². The Morgan fingerprint density at radius 1 is 0.947 bits per heavy atom. The fraction of sp³-hybridized carbons (Fsp3) is 0. The summed E-state index contributed by atoms with van der Waals surface area (Å²) >= 11 is 1.61. The second-order valence-corrected chi connectivity index (χ2v) is 5.13. The first-order valence-electron chi connectivity index (χ1n) is 5.89. The van der Waals surface area contributed by atoms with Gasteiger partial charge in [0.05, 0.1) is 11.1 Å². The molecule has 0 radical (unpaired) electrons. The molecule has 1 heterocycles. The smallest absolute Gasteiger partial charge is 0.102 e. The van der Waals surface area contributed by atoms with E-state index >= 15 is 0 Å². The average Bonchev–Trinajstić information content (AvgIpc) is 2.49. The van der Waals surface area contributed by atoms with Gasteiger partial charge < -0.3 is 0 Å². The second kappa shape index (κ2) is 5.13. The number of hydrogen-bond acceptors (Lipinski definition) is 3. The molecule has 0 N–H and O–H groups in total. The molecule has 0 fully saturated rings. The SMILES string of the molecule is N#Cc1cnc2ccccc2c1Sc1ccccc1. The molecule has 90 valence electrons. The quantitative estimate of drug-likeness (QED) is 0.692. The van der Waals surface area contributed by atoms with Crippen LogP contribution >= 0.6 is 11.8 Å². The van der Waals surface area contributed by atoms with Crippen LogP contribution in [0.4, 0.5) is 0 Å². The van der Waals surface area contributed by atoms with Crippen LogP contribution in [0.25, 0.3) is 10.9 Å². The zero-order valence-electron chi connectivity index (χ0n) is 10.1. The Kier molecular flexibility index (Phi) is 3.18. The summed E-state index contributed by atoms with van der Waals surface area (Å²) in [7, 11) is 0. The Balaban J connectivity index is 2.18. The molecule has 0 saturated heterocycles. The minimum absolute atomic E-state index is 0.618. The number of aromatic nitrogens is 1. The molecule has 0 aliphatic heterocycles. The van der Waals surface area contributed by atoms with Crippen LogP contribution in [0.2, 0.25) is 0 Å². The molecule has 0 aliphatic carbocycles. The largest absolute Gasteiger partial charge is 0.255 e. The summed E-state index contributed by atoms with van der Waals surface area (Å²) in [6.07, 6.45) is 1.65. The highest BCUT2D eigenvalue weighted by atomic mass is 32.2. The number of fused-ring (bicyclic) bond motifs is 1. The number of rotatable bonds is 2. The van der Waals surface area contributed by atoms with E-state index in [0.29, 0.717) is 5.56 Å².